The van der Waals surface area contributed by atoms with E-state index >= 15 is 0 Å². The van der Waals surface area contributed by atoms with E-state index in [-0.39, 0.29) is 0 Å². The highest BCUT2D eigenvalue weighted by Crippen LogP contribution is 2.45. The Morgan fingerprint density at radius 3 is 2.57 bits per heavy atom. The number of aromatic nitrogens is 3. The fourth-order valence-electron chi connectivity index (χ4n) is 3.42. The van der Waals surface area contributed by atoms with Crippen molar-refractivity contribution in [1.29, 1.82) is 0 Å². The lowest BCUT2D eigenvalue weighted by molar-refractivity contribution is 0.499. The monoisotopic (exact) mass is 306 g/mol. The first kappa shape index (κ1) is 14.1. The van der Waals surface area contributed by atoms with Crippen LogP contribution in [0.15, 0.2) is 5.16 Å². The maximum atomic E-state index is 4.47. The molecule has 0 bridgehead atoms. The molecule has 0 spiro atoms. The van der Waals surface area contributed by atoms with E-state index in [0.29, 0.717) is 12.0 Å². The molecule has 1 aromatic rings. The Morgan fingerprint density at radius 1 is 1.05 bits per heavy atom. The van der Waals surface area contributed by atoms with Gasteiger partial charge in [-0.2, -0.15) is 0 Å². The maximum Gasteiger partial charge on any atom is 0.191 e. The molecule has 3 saturated carbocycles. The van der Waals surface area contributed by atoms with E-state index < -0.39 is 0 Å². The van der Waals surface area contributed by atoms with Gasteiger partial charge in [-0.15, -0.1) is 10.2 Å². The number of hydrogen-bond acceptors (Lipinski definition) is 4. The molecule has 0 aliphatic heterocycles. The zero-order valence-corrected chi connectivity index (χ0v) is 13.6. The molecular weight excluding hydrogens is 280 g/mol. The van der Waals surface area contributed by atoms with Crippen molar-refractivity contribution in [2.24, 2.45) is 5.92 Å². The van der Waals surface area contributed by atoms with Gasteiger partial charge < -0.3 is 9.88 Å². The summed E-state index contributed by atoms with van der Waals surface area (Å²) in [6, 6.07) is 0.713. The average Bonchev–Trinajstić information content (AvgIpc) is 3.42. The Hall–Kier alpha value is -0.550. The fraction of sp³-hybridized carbons (Fsp3) is 0.875. The van der Waals surface area contributed by atoms with Crippen LogP contribution in [0.5, 0.6) is 0 Å². The molecule has 1 heterocycles. The highest BCUT2D eigenvalue weighted by atomic mass is 32.2. The molecular formula is C16H26N4S. The molecule has 0 unspecified atom stereocenters. The van der Waals surface area contributed by atoms with Gasteiger partial charge in [0.15, 0.2) is 5.16 Å². The van der Waals surface area contributed by atoms with Crippen LogP contribution in [0.25, 0.3) is 0 Å². The summed E-state index contributed by atoms with van der Waals surface area (Å²) < 4.78 is 2.46. The van der Waals surface area contributed by atoms with Crippen LogP contribution < -0.4 is 5.32 Å². The van der Waals surface area contributed by atoms with Crippen LogP contribution in [0.4, 0.5) is 0 Å². The third-order valence-corrected chi connectivity index (χ3v) is 5.91. The quantitative estimate of drug-likeness (QED) is 0.591. The second kappa shape index (κ2) is 6.29. The molecule has 0 radical (unpaired) electrons. The molecule has 116 valence electrons. The maximum absolute atomic E-state index is 4.47. The SMILES string of the molecule is C1CCC(CNCCSc2nnc(C3CC3)n2C2CC2)C1. The van der Waals surface area contributed by atoms with Gasteiger partial charge in [0.2, 0.25) is 0 Å². The van der Waals surface area contributed by atoms with E-state index in [0.717, 1.165) is 18.2 Å². The summed E-state index contributed by atoms with van der Waals surface area (Å²) in [5, 5.41) is 13.7. The summed E-state index contributed by atoms with van der Waals surface area (Å²) in [6.45, 7) is 2.31. The number of nitrogens with one attached hydrogen (secondary N) is 1. The van der Waals surface area contributed by atoms with Gasteiger partial charge in [-0.25, -0.2) is 0 Å². The lowest BCUT2D eigenvalue weighted by Crippen LogP contribution is -2.23. The zero-order valence-electron chi connectivity index (χ0n) is 12.8. The largest absolute Gasteiger partial charge is 0.316 e. The van der Waals surface area contributed by atoms with Crippen molar-refractivity contribution < 1.29 is 0 Å². The molecule has 4 nitrogen and oxygen atoms in total. The molecule has 0 atom stereocenters. The number of hydrogen-bond donors (Lipinski definition) is 1. The first-order chi connectivity index (χ1) is 10.4. The third-order valence-electron chi connectivity index (χ3n) is 4.96. The average molecular weight is 306 g/mol. The van der Waals surface area contributed by atoms with Gasteiger partial charge >= 0.3 is 0 Å². The van der Waals surface area contributed by atoms with Gasteiger partial charge in [0, 0.05) is 24.3 Å². The van der Waals surface area contributed by atoms with Crippen LogP contribution >= 0.6 is 11.8 Å². The molecule has 5 heteroatoms. The van der Waals surface area contributed by atoms with Crippen LogP contribution in [0.3, 0.4) is 0 Å². The number of nitrogens with zero attached hydrogens (tertiary/aromatic N) is 3. The van der Waals surface area contributed by atoms with Crippen LogP contribution in [-0.4, -0.2) is 33.6 Å². The standard InChI is InChI=1S/C16H26N4S/c1-2-4-12(3-1)11-17-9-10-21-16-19-18-15(13-5-6-13)20(16)14-7-8-14/h12-14,17H,1-11H2. The van der Waals surface area contributed by atoms with Gasteiger partial charge in [0.1, 0.15) is 5.82 Å². The Kier molecular flexibility index (Phi) is 4.21. The predicted octanol–water partition coefficient (Wildman–Crippen LogP) is 3.36. The molecule has 4 rings (SSSR count). The molecule has 3 aliphatic carbocycles. The van der Waals surface area contributed by atoms with Crippen molar-refractivity contribution in [3.63, 3.8) is 0 Å². The fourth-order valence-corrected chi connectivity index (χ4v) is 4.33. The van der Waals surface area contributed by atoms with Crippen LogP contribution in [-0.2, 0) is 0 Å². The normalized spacial score (nSPS) is 23.0. The van der Waals surface area contributed by atoms with E-state index in [9.17, 15) is 0 Å². The van der Waals surface area contributed by atoms with Gasteiger partial charge in [0.25, 0.3) is 0 Å². The first-order valence-electron chi connectivity index (χ1n) is 8.70. The molecule has 3 aliphatic rings. The first-order valence-corrected chi connectivity index (χ1v) is 9.68. The Bertz CT molecular complexity index is 473. The topological polar surface area (TPSA) is 42.7 Å². The van der Waals surface area contributed by atoms with Crippen molar-refractivity contribution in [3.8, 4) is 0 Å². The van der Waals surface area contributed by atoms with Crippen LogP contribution in [0.1, 0.15) is 69.2 Å². The Balaban J connectivity index is 1.25. The summed E-state index contributed by atoms with van der Waals surface area (Å²) in [5.41, 5.74) is 0. The highest BCUT2D eigenvalue weighted by molar-refractivity contribution is 7.99. The van der Waals surface area contributed by atoms with Crippen molar-refractivity contribution >= 4 is 11.8 Å². The lowest BCUT2D eigenvalue weighted by atomic mass is 10.1. The Morgan fingerprint density at radius 2 is 1.86 bits per heavy atom. The molecule has 0 amide bonds. The summed E-state index contributed by atoms with van der Waals surface area (Å²) in [4.78, 5) is 0. The van der Waals surface area contributed by atoms with E-state index in [1.807, 2.05) is 11.8 Å². The summed E-state index contributed by atoms with van der Waals surface area (Å²) in [5.74, 6) is 4.04. The third kappa shape index (κ3) is 3.45. The van der Waals surface area contributed by atoms with Gasteiger partial charge in [-0.3, -0.25) is 0 Å². The van der Waals surface area contributed by atoms with E-state index in [4.69, 9.17) is 0 Å². The van der Waals surface area contributed by atoms with Crippen molar-refractivity contribution in [2.45, 2.75) is 68.5 Å². The zero-order chi connectivity index (χ0) is 14.1. The molecule has 0 saturated heterocycles. The smallest absolute Gasteiger partial charge is 0.191 e. The minimum Gasteiger partial charge on any atom is -0.316 e. The van der Waals surface area contributed by atoms with E-state index in [2.05, 4.69) is 20.1 Å². The summed E-state index contributed by atoms with van der Waals surface area (Å²) in [7, 11) is 0. The lowest BCUT2D eigenvalue weighted by Gasteiger charge is -2.11. The predicted molar refractivity (Wildman–Crippen MR) is 85.8 cm³/mol. The van der Waals surface area contributed by atoms with Crippen molar-refractivity contribution in [1.82, 2.24) is 20.1 Å². The van der Waals surface area contributed by atoms with Crippen LogP contribution in [0, 0.1) is 5.92 Å². The van der Waals surface area contributed by atoms with Crippen molar-refractivity contribution in [3.05, 3.63) is 5.82 Å². The number of rotatable bonds is 8. The van der Waals surface area contributed by atoms with Gasteiger partial charge in [-0.05, 0) is 51.0 Å². The highest BCUT2D eigenvalue weighted by Gasteiger charge is 2.36. The number of thioether (sulfide) groups is 1. The minimum atomic E-state index is 0.713. The molecule has 3 fully saturated rings. The minimum absolute atomic E-state index is 0.713. The second-order valence-corrected chi connectivity index (χ2v) is 7.98. The summed E-state index contributed by atoms with van der Waals surface area (Å²) in [6.07, 6.45) is 11.0. The van der Waals surface area contributed by atoms with Crippen molar-refractivity contribution in [2.75, 3.05) is 18.8 Å². The van der Waals surface area contributed by atoms with Gasteiger partial charge in [0.05, 0.1) is 0 Å². The van der Waals surface area contributed by atoms with E-state index in [1.54, 1.807) is 0 Å². The van der Waals surface area contributed by atoms with E-state index in [1.165, 1.54) is 68.9 Å². The molecule has 21 heavy (non-hydrogen) atoms. The van der Waals surface area contributed by atoms with Gasteiger partial charge in [-0.1, -0.05) is 24.6 Å². The molecule has 1 aromatic heterocycles. The van der Waals surface area contributed by atoms with Crippen LogP contribution in [0.2, 0.25) is 0 Å². The summed E-state index contributed by atoms with van der Waals surface area (Å²) >= 11 is 1.89. The molecule has 1 N–H and O–H groups in total. The second-order valence-electron chi connectivity index (χ2n) is 6.92. The molecule has 0 aromatic carbocycles. The Labute approximate surface area is 131 Å².